The smallest absolute Gasteiger partial charge is 0.250 e. The summed E-state index contributed by atoms with van der Waals surface area (Å²) in [6, 6.07) is 13.0. The number of imide groups is 1. The van der Waals surface area contributed by atoms with E-state index in [1.165, 1.54) is 4.90 Å². The quantitative estimate of drug-likeness (QED) is 0.656. The number of benzene rings is 2. The van der Waals surface area contributed by atoms with Crippen LogP contribution >= 0.6 is 15.9 Å². The average molecular weight is 466 g/mol. The fourth-order valence-corrected chi connectivity index (χ4v) is 6.57. The second-order valence-corrected chi connectivity index (χ2v) is 9.58. The van der Waals surface area contributed by atoms with Gasteiger partial charge in [0.25, 0.3) is 0 Å². The Labute approximate surface area is 182 Å². The van der Waals surface area contributed by atoms with E-state index in [0.717, 1.165) is 40.7 Å². The van der Waals surface area contributed by atoms with Crippen LogP contribution in [0.4, 0.5) is 11.4 Å². The van der Waals surface area contributed by atoms with Gasteiger partial charge in [0.2, 0.25) is 17.7 Å². The van der Waals surface area contributed by atoms with Crippen LogP contribution in [0.1, 0.15) is 24.0 Å². The Morgan fingerprint density at radius 1 is 1.10 bits per heavy atom. The molecule has 0 aromatic heterocycles. The molecule has 2 aromatic carbocycles. The highest BCUT2D eigenvalue weighted by atomic mass is 79.9. The number of carbonyl (C=O) groups is 3. The number of nitrogens with one attached hydrogen (secondary N) is 1. The van der Waals surface area contributed by atoms with Crippen LogP contribution in [0.15, 0.2) is 46.9 Å². The van der Waals surface area contributed by atoms with E-state index in [1.807, 2.05) is 37.3 Å². The van der Waals surface area contributed by atoms with Gasteiger partial charge in [-0.05, 0) is 50.6 Å². The van der Waals surface area contributed by atoms with Crippen LogP contribution in [0.2, 0.25) is 0 Å². The molecule has 4 heterocycles. The monoisotopic (exact) mass is 465 g/mol. The molecule has 6 rings (SSSR count). The largest absolute Gasteiger partial charge is 0.324 e. The van der Waals surface area contributed by atoms with E-state index in [-0.39, 0.29) is 23.8 Å². The number of rotatable bonds is 1. The lowest BCUT2D eigenvalue weighted by Crippen LogP contribution is -2.54. The zero-order valence-electron chi connectivity index (χ0n) is 16.4. The lowest BCUT2D eigenvalue weighted by Gasteiger charge is -2.36. The minimum Gasteiger partial charge on any atom is -0.324 e. The highest BCUT2D eigenvalue weighted by Crippen LogP contribution is 2.60. The maximum absolute atomic E-state index is 13.8. The summed E-state index contributed by atoms with van der Waals surface area (Å²) in [4.78, 5) is 44.4. The first kappa shape index (κ1) is 18.3. The minimum atomic E-state index is -1.11. The number of nitrogens with zero attached hydrogens (tertiary/aromatic N) is 2. The Hall–Kier alpha value is -2.51. The lowest BCUT2D eigenvalue weighted by atomic mass is 9.75. The molecule has 7 heteroatoms. The predicted molar refractivity (Wildman–Crippen MR) is 115 cm³/mol. The number of fused-ring (bicyclic) bond motifs is 7. The van der Waals surface area contributed by atoms with Crippen molar-refractivity contribution in [1.82, 2.24) is 4.90 Å². The first-order valence-electron chi connectivity index (χ1n) is 10.3. The normalized spacial score (nSPS) is 32.0. The molecule has 1 spiro atoms. The van der Waals surface area contributed by atoms with Crippen LogP contribution in [0.25, 0.3) is 0 Å². The Morgan fingerprint density at radius 2 is 1.93 bits per heavy atom. The van der Waals surface area contributed by atoms with Gasteiger partial charge in [0.05, 0.1) is 17.5 Å². The zero-order valence-corrected chi connectivity index (χ0v) is 18.0. The van der Waals surface area contributed by atoms with E-state index in [4.69, 9.17) is 0 Å². The maximum Gasteiger partial charge on any atom is 0.250 e. The molecule has 0 bridgehead atoms. The van der Waals surface area contributed by atoms with Crippen LogP contribution in [0.3, 0.4) is 0 Å². The number of aryl methyl sites for hydroxylation is 1. The fourth-order valence-electron chi connectivity index (χ4n) is 6.19. The van der Waals surface area contributed by atoms with Crippen molar-refractivity contribution in [2.24, 2.45) is 11.8 Å². The van der Waals surface area contributed by atoms with Crippen molar-refractivity contribution in [2.75, 3.05) is 16.8 Å². The SMILES string of the molecule is Cc1ccc2c(c1)[C@]1(C(=O)N2)[C@@H]2C(=O)N(c3cccc(Br)c3)C(=O)[C@@H]2[C@H]2CCCN21. The first-order valence-corrected chi connectivity index (χ1v) is 11.1. The van der Waals surface area contributed by atoms with Gasteiger partial charge in [-0.25, -0.2) is 4.90 Å². The maximum atomic E-state index is 13.8. The molecule has 4 aliphatic heterocycles. The van der Waals surface area contributed by atoms with Gasteiger partial charge >= 0.3 is 0 Å². The Morgan fingerprint density at radius 3 is 2.73 bits per heavy atom. The molecule has 6 nitrogen and oxygen atoms in total. The summed E-state index contributed by atoms with van der Waals surface area (Å²) >= 11 is 3.43. The number of carbonyl (C=O) groups excluding carboxylic acids is 3. The summed E-state index contributed by atoms with van der Waals surface area (Å²) in [5, 5.41) is 3.01. The predicted octanol–water partition coefficient (Wildman–Crippen LogP) is 3.19. The summed E-state index contributed by atoms with van der Waals surface area (Å²) in [5.41, 5.74) is 2.06. The van der Waals surface area contributed by atoms with Gasteiger partial charge in [-0.15, -0.1) is 0 Å². The molecule has 1 N–H and O–H groups in total. The molecule has 3 amide bonds. The molecule has 0 unspecified atom stereocenters. The molecular weight excluding hydrogens is 446 g/mol. The van der Waals surface area contributed by atoms with E-state index in [1.54, 1.807) is 12.1 Å². The molecule has 152 valence electrons. The van der Waals surface area contributed by atoms with E-state index in [0.29, 0.717) is 5.69 Å². The zero-order chi connectivity index (χ0) is 20.8. The molecule has 0 aliphatic carbocycles. The number of halogens is 1. The highest BCUT2D eigenvalue weighted by molar-refractivity contribution is 9.10. The summed E-state index contributed by atoms with van der Waals surface area (Å²) < 4.78 is 0.800. The molecule has 3 fully saturated rings. The molecule has 4 aliphatic rings. The Balaban J connectivity index is 1.57. The van der Waals surface area contributed by atoms with Gasteiger partial charge in [0.1, 0.15) is 5.54 Å². The van der Waals surface area contributed by atoms with Crippen molar-refractivity contribution in [3.8, 4) is 0 Å². The van der Waals surface area contributed by atoms with Crippen molar-refractivity contribution in [2.45, 2.75) is 31.3 Å². The summed E-state index contributed by atoms with van der Waals surface area (Å²) in [6.07, 6.45) is 1.74. The van der Waals surface area contributed by atoms with Crippen LogP contribution in [-0.2, 0) is 19.9 Å². The first-order chi connectivity index (χ1) is 14.4. The van der Waals surface area contributed by atoms with Gasteiger partial charge in [0, 0.05) is 21.8 Å². The molecule has 0 radical (unpaired) electrons. The van der Waals surface area contributed by atoms with E-state index in [2.05, 4.69) is 26.1 Å². The number of hydrogen-bond acceptors (Lipinski definition) is 4. The lowest BCUT2D eigenvalue weighted by molar-refractivity contribution is -0.135. The Kier molecular flexibility index (Phi) is 3.66. The van der Waals surface area contributed by atoms with Crippen LogP contribution in [-0.4, -0.2) is 35.2 Å². The van der Waals surface area contributed by atoms with Gasteiger partial charge in [0.15, 0.2) is 0 Å². The van der Waals surface area contributed by atoms with Crippen molar-refractivity contribution >= 4 is 45.0 Å². The minimum absolute atomic E-state index is 0.0965. The van der Waals surface area contributed by atoms with E-state index >= 15 is 0 Å². The molecule has 0 saturated carbocycles. The third kappa shape index (κ3) is 2.04. The van der Waals surface area contributed by atoms with Crippen molar-refractivity contribution in [3.63, 3.8) is 0 Å². The number of amides is 3. The topological polar surface area (TPSA) is 69.7 Å². The van der Waals surface area contributed by atoms with Crippen LogP contribution < -0.4 is 10.2 Å². The Bertz CT molecular complexity index is 1150. The molecule has 3 saturated heterocycles. The van der Waals surface area contributed by atoms with Gasteiger partial charge in [-0.3, -0.25) is 19.3 Å². The van der Waals surface area contributed by atoms with Gasteiger partial charge in [-0.2, -0.15) is 0 Å². The van der Waals surface area contributed by atoms with Crippen molar-refractivity contribution in [3.05, 3.63) is 58.1 Å². The van der Waals surface area contributed by atoms with E-state index in [9.17, 15) is 14.4 Å². The van der Waals surface area contributed by atoms with Crippen LogP contribution in [0, 0.1) is 18.8 Å². The number of anilines is 2. The number of hydrogen-bond donors (Lipinski definition) is 1. The average Bonchev–Trinajstić information content (AvgIpc) is 3.40. The summed E-state index contributed by atoms with van der Waals surface area (Å²) in [7, 11) is 0. The standard InChI is InChI=1S/C23H20BrN3O3/c1-12-7-8-16-15(10-12)23(22(30)25-16)19-18(17-6-3-9-26(17)23)20(28)27(21(19)29)14-5-2-4-13(24)11-14/h2,4-5,7-8,10-11,17-19H,3,6,9H2,1H3,(H,25,30)/t17-,18-,19+,23-/m1/s1. The second kappa shape index (κ2) is 6.02. The summed E-state index contributed by atoms with van der Waals surface area (Å²) in [6.45, 7) is 2.70. The van der Waals surface area contributed by atoms with Gasteiger partial charge in [-0.1, -0.05) is 39.7 Å². The summed E-state index contributed by atoms with van der Waals surface area (Å²) in [5.74, 6) is -1.86. The molecule has 2 aromatic rings. The molecule has 30 heavy (non-hydrogen) atoms. The second-order valence-electron chi connectivity index (χ2n) is 8.67. The molecule has 4 atom stereocenters. The third-order valence-electron chi connectivity index (χ3n) is 7.21. The van der Waals surface area contributed by atoms with Crippen molar-refractivity contribution < 1.29 is 14.4 Å². The van der Waals surface area contributed by atoms with E-state index < -0.39 is 17.4 Å². The molecular formula is C23H20BrN3O3. The van der Waals surface area contributed by atoms with Crippen molar-refractivity contribution in [1.29, 1.82) is 0 Å². The third-order valence-corrected chi connectivity index (χ3v) is 7.71. The highest BCUT2D eigenvalue weighted by Gasteiger charge is 2.74. The fraction of sp³-hybridized carbons (Fsp3) is 0.348. The van der Waals surface area contributed by atoms with Crippen LogP contribution in [0.5, 0.6) is 0 Å². The van der Waals surface area contributed by atoms with Gasteiger partial charge < -0.3 is 5.32 Å².